The number of nitrogens with zero attached hydrogens (tertiary/aromatic N) is 2. The molecular weight excluding hydrogens is 476 g/mol. The lowest BCUT2D eigenvalue weighted by molar-refractivity contribution is 0.0854. The maximum absolute atomic E-state index is 13.3. The third-order valence-corrected chi connectivity index (χ3v) is 7.60. The Balaban J connectivity index is 1.30. The van der Waals surface area contributed by atoms with E-state index in [-0.39, 0.29) is 18.0 Å². The van der Waals surface area contributed by atoms with Crippen molar-refractivity contribution in [3.05, 3.63) is 71.7 Å². The van der Waals surface area contributed by atoms with E-state index in [0.29, 0.717) is 38.9 Å². The summed E-state index contributed by atoms with van der Waals surface area (Å²) in [5.41, 5.74) is 1.82. The number of ether oxygens (including phenoxy) is 1. The van der Waals surface area contributed by atoms with Crippen LogP contribution in [0.3, 0.4) is 0 Å². The topological polar surface area (TPSA) is 104 Å². The molecule has 9 heteroatoms. The van der Waals surface area contributed by atoms with Crippen LogP contribution < -0.4 is 20.3 Å². The first-order chi connectivity index (χ1) is 17.6. The molecule has 182 valence electrons. The van der Waals surface area contributed by atoms with Gasteiger partial charge in [-0.1, -0.05) is 18.2 Å². The average Bonchev–Trinajstić information content (AvgIpc) is 3.25. The third-order valence-electron chi connectivity index (χ3n) is 6.51. The van der Waals surface area contributed by atoms with Gasteiger partial charge in [-0.25, -0.2) is 9.78 Å². The predicted octanol–water partition coefficient (Wildman–Crippen LogP) is 5.81. The number of aliphatic hydroxyl groups excluding tert-OH is 1. The van der Waals surface area contributed by atoms with E-state index in [9.17, 15) is 14.7 Å². The molecule has 2 atom stereocenters. The highest BCUT2D eigenvalue weighted by Gasteiger charge is 2.33. The lowest BCUT2D eigenvalue weighted by Gasteiger charge is -2.29. The van der Waals surface area contributed by atoms with E-state index in [2.05, 4.69) is 15.6 Å². The number of aliphatic hydroxyl groups is 1. The Morgan fingerprint density at radius 2 is 1.86 bits per heavy atom. The molecule has 3 N–H and O–H groups in total. The van der Waals surface area contributed by atoms with Gasteiger partial charge in [0.2, 0.25) is 0 Å². The summed E-state index contributed by atoms with van der Waals surface area (Å²) in [6.07, 6.45) is 4.26. The number of hydrogen-bond acceptors (Lipinski definition) is 6. The maximum Gasteiger partial charge on any atom is 0.331 e. The molecule has 3 heterocycles. The van der Waals surface area contributed by atoms with Crippen LogP contribution in [0, 0.1) is 0 Å². The van der Waals surface area contributed by atoms with Gasteiger partial charge in [0.15, 0.2) is 0 Å². The molecule has 4 aromatic rings. The summed E-state index contributed by atoms with van der Waals surface area (Å²) in [6, 6.07) is 18.1. The van der Waals surface area contributed by atoms with Crippen LogP contribution in [0.25, 0.3) is 10.2 Å². The van der Waals surface area contributed by atoms with Crippen molar-refractivity contribution in [2.45, 2.75) is 37.8 Å². The fourth-order valence-electron chi connectivity index (χ4n) is 4.83. The van der Waals surface area contributed by atoms with Crippen molar-refractivity contribution in [1.82, 2.24) is 10.3 Å². The molecule has 2 aromatic heterocycles. The number of para-hydroxylation sites is 1. The van der Waals surface area contributed by atoms with Gasteiger partial charge in [0.05, 0.1) is 28.6 Å². The number of aromatic nitrogens is 1. The second-order valence-electron chi connectivity index (χ2n) is 8.98. The Morgan fingerprint density at radius 1 is 1.08 bits per heavy atom. The van der Waals surface area contributed by atoms with Gasteiger partial charge in [0.1, 0.15) is 21.2 Å². The molecule has 0 radical (unpaired) electrons. The molecule has 1 aliphatic carbocycles. The molecule has 8 nitrogen and oxygen atoms in total. The van der Waals surface area contributed by atoms with Crippen LogP contribution in [0.15, 0.2) is 66.9 Å². The summed E-state index contributed by atoms with van der Waals surface area (Å²) in [5.74, 6) is 1.13. The molecule has 2 aromatic carbocycles. The van der Waals surface area contributed by atoms with Crippen LogP contribution in [-0.4, -0.2) is 34.2 Å². The van der Waals surface area contributed by atoms with E-state index in [1.807, 2.05) is 54.6 Å². The normalized spacial score (nSPS) is 19.1. The minimum atomic E-state index is -0.393. The molecule has 0 bridgehead atoms. The number of carbonyl (C=O) groups excluding carboxylic acids is 2. The molecule has 36 heavy (non-hydrogen) atoms. The predicted molar refractivity (Wildman–Crippen MR) is 139 cm³/mol. The van der Waals surface area contributed by atoms with Crippen LogP contribution >= 0.6 is 11.3 Å². The summed E-state index contributed by atoms with van der Waals surface area (Å²) in [7, 11) is 0. The maximum atomic E-state index is 13.3. The number of benzene rings is 2. The van der Waals surface area contributed by atoms with E-state index in [1.165, 1.54) is 11.3 Å². The largest absolute Gasteiger partial charge is 0.457 e. The van der Waals surface area contributed by atoms with Gasteiger partial charge >= 0.3 is 6.03 Å². The van der Waals surface area contributed by atoms with Crippen LogP contribution in [0.4, 0.5) is 21.9 Å². The van der Waals surface area contributed by atoms with Gasteiger partial charge in [0, 0.05) is 12.2 Å². The van der Waals surface area contributed by atoms with Crippen LogP contribution in [0.2, 0.25) is 0 Å². The van der Waals surface area contributed by atoms with Crippen molar-refractivity contribution in [1.29, 1.82) is 0 Å². The first-order valence-electron chi connectivity index (χ1n) is 11.9. The average molecular weight is 501 g/mol. The number of anilines is 3. The summed E-state index contributed by atoms with van der Waals surface area (Å²) in [5, 5.41) is 16.6. The highest BCUT2D eigenvalue weighted by Crippen LogP contribution is 2.46. The summed E-state index contributed by atoms with van der Waals surface area (Å²) < 4.78 is 5.87. The number of pyridine rings is 1. The molecule has 1 saturated carbocycles. The molecule has 0 spiro atoms. The Labute approximate surface area is 211 Å². The number of nitrogens with one attached hydrogen (secondary N) is 2. The summed E-state index contributed by atoms with van der Waals surface area (Å²) in [4.78, 5) is 33.6. The zero-order valence-electron chi connectivity index (χ0n) is 19.3. The first kappa shape index (κ1) is 22.5. The van der Waals surface area contributed by atoms with Crippen molar-refractivity contribution in [2.75, 3.05) is 10.2 Å². The second-order valence-corrected chi connectivity index (χ2v) is 9.98. The van der Waals surface area contributed by atoms with E-state index in [1.54, 1.807) is 17.2 Å². The van der Waals surface area contributed by atoms with Gasteiger partial charge in [-0.3, -0.25) is 9.69 Å². The lowest BCUT2D eigenvalue weighted by atomic mass is 9.93. The highest BCUT2D eigenvalue weighted by molar-refractivity contribution is 7.21. The summed E-state index contributed by atoms with van der Waals surface area (Å²) in [6.45, 7) is 0. The molecule has 0 unspecified atom stereocenters. The Hall–Kier alpha value is -3.95. The van der Waals surface area contributed by atoms with Crippen molar-refractivity contribution < 1.29 is 19.4 Å². The quantitative estimate of drug-likeness (QED) is 0.321. The Bertz CT molecular complexity index is 1440. The van der Waals surface area contributed by atoms with Crippen LogP contribution in [-0.2, 0) is 0 Å². The molecule has 1 fully saturated rings. The van der Waals surface area contributed by atoms with Crippen LogP contribution in [0.5, 0.6) is 11.5 Å². The SMILES string of the molecule is O=C(N[C@@H]1CCC[C@H](O)C1)c1sc2nccc3c2c1NC(=O)N3c1ccc(Oc2ccccc2)cc1. The standard InChI is InChI=1S/C27H24N4O4S/c32-18-6-4-5-16(15-18)29-25(33)24-23-22-21(13-14-28-26(22)36-24)31(27(34)30-23)17-9-11-20(12-10-17)35-19-7-2-1-3-8-19/h1-3,7-14,16,18,32H,4-6,15H2,(H,29,33)(H,30,34)/t16-,18+/m1/s1. The van der Waals surface area contributed by atoms with Gasteiger partial charge in [-0.15, -0.1) is 11.3 Å². The fourth-order valence-corrected chi connectivity index (χ4v) is 5.86. The molecule has 0 saturated heterocycles. The first-order valence-corrected chi connectivity index (χ1v) is 12.7. The fraction of sp³-hybridized carbons (Fsp3) is 0.222. The van der Waals surface area contributed by atoms with Gasteiger partial charge in [-0.2, -0.15) is 0 Å². The minimum absolute atomic E-state index is 0.0847. The second kappa shape index (κ2) is 9.25. The van der Waals surface area contributed by atoms with Gasteiger partial charge in [-0.05, 0) is 68.1 Å². The van der Waals surface area contributed by atoms with Gasteiger partial charge < -0.3 is 20.5 Å². The van der Waals surface area contributed by atoms with Gasteiger partial charge in [0.25, 0.3) is 5.91 Å². The molecular formula is C27H24N4O4S. The van der Waals surface area contributed by atoms with E-state index in [0.717, 1.165) is 30.4 Å². The zero-order chi connectivity index (χ0) is 24.6. The number of rotatable bonds is 5. The van der Waals surface area contributed by atoms with Crippen molar-refractivity contribution >= 4 is 50.6 Å². The molecule has 2 aliphatic rings. The number of hydrogen-bond donors (Lipinski definition) is 3. The lowest BCUT2D eigenvalue weighted by Crippen LogP contribution is -2.40. The number of carbonyl (C=O) groups is 2. The van der Waals surface area contributed by atoms with Crippen molar-refractivity contribution in [3.63, 3.8) is 0 Å². The van der Waals surface area contributed by atoms with Crippen molar-refractivity contribution in [2.24, 2.45) is 0 Å². The molecule has 1 aliphatic heterocycles. The Kier molecular flexibility index (Phi) is 5.79. The third kappa shape index (κ3) is 4.16. The van der Waals surface area contributed by atoms with Crippen molar-refractivity contribution in [3.8, 4) is 11.5 Å². The smallest absolute Gasteiger partial charge is 0.331 e. The van der Waals surface area contributed by atoms with Crippen LogP contribution in [0.1, 0.15) is 35.4 Å². The summed E-state index contributed by atoms with van der Waals surface area (Å²) >= 11 is 1.26. The van der Waals surface area contributed by atoms with E-state index >= 15 is 0 Å². The minimum Gasteiger partial charge on any atom is -0.457 e. The highest BCUT2D eigenvalue weighted by atomic mass is 32.1. The Morgan fingerprint density at radius 3 is 2.64 bits per heavy atom. The zero-order valence-corrected chi connectivity index (χ0v) is 20.1. The van der Waals surface area contributed by atoms with E-state index < -0.39 is 6.10 Å². The molecule has 3 amide bonds. The molecule has 6 rings (SSSR count). The monoisotopic (exact) mass is 500 g/mol. The van der Waals surface area contributed by atoms with E-state index in [4.69, 9.17) is 4.74 Å². The number of amides is 3. The number of urea groups is 1. The number of thiophene rings is 1.